The molecule has 0 spiro atoms. The van der Waals surface area contributed by atoms with Crippen LogP contribution in [-0.2, 0) is 9.53 Å². The van der Waals surface area contributed by atoms with Crippen LogP contribution < -0.4 is 0 Å². The lowest BCUT2D eigenvalue weighted by Crippen LogP contribution is -2.05. The number of nitro groups is 1. The predicted octanol–water partition coefficient (Wildman–Crippen LogP) is 3.54. The molecule has 114 valence electrons. The molecule has 0 saturated heterocycles. The van der Waals surface area contributed by atoms with Crippen molar-refractivity contribution in [1.82, 2.24) is 0 Å². The Bertz CT molecular complexity index is 874. The van der Waals surface area contributed by atoms with Crippen molar-refractivity contribution in [3.8, 4) is 0 Å². The van der Waals surface area contributed by atoms with E-state index in [2.05, 4.69) is 27.6 Å². The zero-order valence-corrected chi connectivity index (χ0v) is 13.8. The number of ether oxygens (including phenoxy) is 1. The summed E-state index contributed by atoms with van der Waals surface area (Å²) in [5, 5.41) is 10.8. The third-order valence-corrected chi connectivity index (χ3v) is 3.75. The first kappa shape index (κ1) is 15.3. The van der Waals surface area contributed by atoms with Crippen molar-refractivity contribution in [1.29, 1.82) is 0 Å². The summed E-state index contributed by atoms with van der Waals surface area (Å²) in [5.74, 6) is -0.351. The van der Waals surface area contributed by atoms with E-state index in [-0.39, 0.29) is 17.3 Å². The highest BCUT2D eigenvalue weighted by molar-refractivity contribution is 14.1. The van der Waals surface area contributed by atoms with E-state index in [9.17, 15) is 14.9 Å². The first-order valence-electron chi connectivity index (χ1n) is 6.56. The number of carbonyl (C=O) groups is 1. The average Bonchev–Trinajstić information content (AvgIpc) is 2.89. The van der Waals surface area contributed by atoms with Crippen LogP contribution in [0.1, 0.15) is 11.1 Å². The summed E-state index contributed by atoms with van der Waals surface area (Å²) in [5.41, 5.74) is 1.28. The van der Waals surface area contributed by atoms with E-state index in [1.165, 1.54) is 18.2 Å². The lowest BCUT2D eigenvalue weighted by molar-refractivity contribution is -0.384. The van der Waals surface area contributed by atoms with E-state index >= 15 is 0 Å². The smallest absolute Gasteiger partial charge is 0.363 e. The minimum atomic E-state index is -0.578. The topological polar surface area (TPSA) is 81.8 Å². The number of cyclic esters (lactones) is 1. The summed E-state index contributed by atoms with van der Waals surface area (Å²) >= 11 is 2.16. The van der Waals surface area contributed by atoms with E-state index in [0.29, 0.717) is 11.1 Å². The summed E-state index contributed by atoms with van der Waals surface area (Å²) < 4.78 is 6.17. The molecule has 1 aliphatic rings. The zero-order chi connectivity index (χ0) is 16.4. The molecule has 3 rings (SSSR count). The van der Waals surface area contributed by atoms with Crippen LogP contribution in [0, 0.1) is 13.7 Å². The Labute approximate surface area is 144 Å². The standard InChI is InChI=1S/C16H9IN2O4/c17-12-5-2-4-11(9-12)15-18-14(16(20)23-15)8-10-3-1-6-13(7-10)19(21)22/h1-9H/b14-8+. The molecule has 0 fully saturated rings. The first-order valence-corrected chi connectivity index (χ1v) is 7.64. The normalized spacial score (nSPS) is 15.4. The Kier molecular flexibility index (Phi) is 4.20. The second-order valence-electron chi connectivity index (χ2n) is 4.70. The van der Waals surface area contributed by atoms with E-state index in [0.717, 1.165) is 3.57 Å². The Hall–Kier alpha value is -2.55. The number of halogens is 1. The molecule has 2 aromatic carbocycles. The summed E-state index contributed by atoms with van der Waals surface area (Å²) in [4.78, 5) is 26.4. The number of benzene rings is 2. The molecule has 0 aromatic heterocycles. The number of non-ortho nitro benzene ring substituents is 1. The van der Waals surface area contributed by atoms with E-state index in [1.54, 1.807) is 18.2 Å². The van der Waals surface area contributed by atoms with Gasteiger partial charge in [-0.05, 0) is 52.4 Å². The maximum absolute atomic E-state index is 11.9. The van der Waals surface area contributed by atoms with Gasteiger partial charge < -0.3 is 4.74 Å². The third-order valence-electron chi connectivity index (χ3n) is 3.08. The van der Waals surface area contributed by atoms with Crippen molar-refractivity contribution in [3.05, 3.63) is 79.0 Å². The predicted molar refractivity (Wildman–Crippen MR) is 92.9 cm³/mol. The highest BCUT2D eigenvalue weighted by Crippen LogP contribution is 2.21. The SMILES string of the molecule is O=C1OC(c2cccc(I)c2)=N/C1=C/c1cccc([N+](=O)[O-])c1. The molecule has 1 aliphatic heterocycles. The number of hydrogen-bond donors (Lipinski definition) is 0. The fourth-order valence-corrected chi connectivity index (χ4v) is 2.58. The molecule has 0 unspecified atom stereocenters. The number of carbonyl (C=O) groups excluding carboxylic acids is 1. The number of aliphatic imine (C=N–C) groups is 1. The van der Waals surface area contributed by atoms with Gasteiger partial charge in [-0.2, -0.15) is 0 Å². The van der Waals surface area contributed by atoms with Gasteiger partial charge in [-0.25, -0.2) is 9.79 Å². The van der Waals surface area contributed by atoms with E-state index in [4.69, 9.17) is 4.74 Å². The van der Waals surface area contributed by atoms with Crippen LogP contribution in [0.4, 0.5) is 5.69 Å². The molecule has 6 nitrogen and oxygen atoms in total. The van der Waals surface area contributed by atoms with Crippen LogP contribution in [0.5, 0.6) is 0 Å². The van der Waals surface area contributed by atoms with Crippen molar-refractivity contribution < 1.29 is 14.5 Å². The monoisotopic (exact) mass is 420 g/mol. The molecule has 2 aromatic rings. The molecule has 0 bridgehead atoms. The van der Waals surface area contributed by atoms with Gasteiger partial charge in [0, 0.05) is 21.3 Å². The Morgan fingerprint density at radius 3 is 2.70 bits per heavy atom. The van der Waals surface area contributed by atoms with Gasteiger partial charge in [-0.3, -0.25) is 10.1 Å². The van der Waals surface area contributed by atoms with Crippen molar-refractivity contribution in [2.75, 3.05) is 0 Å². The van der Waals surface area contributed by atoms with Gasteiger partial charge in [0.05, 0.1) is 4.92 Å². The molecule has 7 heteroatoms. The van der Waals surface area contributed by atoms with Crippen molar-refractivity contribution >= 4 is 46.2 Å². The van der Waals surface area contributed by atoms with Crippen molar-refractivity contribution in [3.63, 3.8) is 0 Å². The number of nitrogens with zero attached hydrogens (tertiary/aromatic N) is 2. The van der Waals surface area contributed by atoms with Crippen LogP contribution >= 0.6 is 22.6 Å². The Morgan fingerprint density at radius 2 is 1.96 bits per heavy atom. The summed E-state index contributed by atoms with van der Waals surface area (Å²) in [6, 6.07) is 13.4. The Balaban J connectivity index is 1.95. The lowest BCUT2D eigenvalue weighted by Gasteiger charge is -1.99. The highest BCUT2D eigenvalue weighted by atomic mass is 127. The van der Waals surface area contributed by atoms with E-state index in [1.807, 2.05) is 18.2 Å². The van der Waals surface area contributed by atoms with Gasteiger partial charge in [0.25, 0.3) is 5.69 Å². The van der Waals surface area contributed by atoms with Crippen molar-refractivity contribution in [2.45, 2.75) is 0 Å². The van der Waals surface area contributed by atoms with Crippen LogP contribution in [0.2, 0.25) is 0 Å². The molecule has 1 heterocycles. The number of hydrogen-bond acceptors (Lipinski definition) is 5. The maximum atomic E-state index is 11.9. The number of rotatable bonds is 3. The summed E-state index contributed by atoms with van der Waals surface area (Å²) in [6.45, 7) is 0. The number of esters is 1. The van der Waals surface area contributed by atoms with Gasteiger partial charge in [-0.15, -0.1) is 0 Å². The first-order chi connectivity index (χ1) is 11.0. The molecule has 0 amide bonds. The van der Waals surface area contributed by atoms with Gasteiger partial charge in [0.2, 0.25) is 5.90 Å². The van der Waals surface area contributed by atoms with Gasteiger partial charge in [0.15, 0.2) is 5.70 Å². The molecular formula is C16H9IN2O4. The fourth-order valence-electron chi connectivity index (χ4n) is 2.04. The molecular weight excluding hydrogens is 411 g/mol. The van der Waals surface area contributed by atoms with Gasteiger partial charge in [0.1, 0.15) is 0 Å². The van der Waals surface area contributed by atoms with Crippen LogP contribution in [-0.4, -0.2) is 16.8 Å². The van der Waals surface area contributed by atoms with Crippen molar-refractivity contribution in [2.24, 2.45) is 4.99 Å². The van der Waals surface area contributed by atoms with Crippen LogP contribution in [0.25, 0.3) is 6.08 Å². The molecule has 0 aliphatic carbocycles. The maximum Gasteiger partial charge on any atom is 0.363 e. The molecule has 0 atom stereocenters. The third kappa shape index (κ3) is 3.45. The van der Waals surface area contributed by atoms with Crippen LogP contribution in [0.15, 0.2) is 59.2 Å². The average molecular weight is 420 g/mol. The Morgan fingerprint density at radius 1 is 1.17 bits per heavy atom. The largest absolute Gasteiger partial charge is 0.402 e. The van der Waals surface area contributed by atoms with Gasteiger partial charge >= 0.3 is 5.97 Å². The second kappa shape index (κ2) is 6.29. The minimum Gasteiger partial charge on any atom is -0.402 e. The quantitative estimate of drug-likeness (QED) is 0.250. The van der Waals surface area contributed by atoms with E-state index < -0.39 is 10.9 Å². The fraction of sp³-hybridized carbons (Fsp3) is 0. The summed E-state index contributed by atoms with van der Waals surface area (Å²) in [7, 11) is 0. The number of nitro benzene ring substituents is 1. The van der Waals surface area contributed by atoms with Gasteiger partial charge in [-0.1, -0.05) is 18.2 Å². The highest BCUT2D eigenvalue weighted by Gasteiger charge is 2.24. The lowest BCUT2D eigenvalue weighted by atomic mass is 10.1. The molecule has 23 heavy (non-hydrogen) atoms. The minimum absolute atomic E-state index is 0.0486. The zero-order valence-electron chi connectivity index (χ0n) is 11.6. The van der Waals surface area contributed by atoms with Crippen LogP contribution in [0.3, 0.4) is 0 Å². The summed E-state index contributed by atoms with van der Waals surface area (Å²) in [6.07, 6.45) is 1.47. The molecule has 0 saturated carbocycles. The molecule has 0 radical (unpaired) electrons. The second-order valence-corrected chi connectivity index (χ2v) is 5.94. The molecule has 0 N–H and O–H groups in total.